The van der Waals surface area contributed by atoms with Crippen LogP contribution in [0.25, 0.3) is 0 Å². The molecule has 31 heavy (non-hydrogen) atoms. The van der Waals surface area contributed by atoms with E-state index in [1.54, 1.807) is 0 Å². The lowest BCUT2D eigenvalue weighted by molar-refractivity contribution is -0.00546. The lowest BCUT2D eigenvalue weighted by atomic mass is 10.2. The molecule has 0 aliphatic carbocycles. The van der Waals surface area contributed by atoms with Crippen LogP contribution >= 0.6 is 11.8 Å². The number of morpholine rings is 1. The third-order valence-corrected chi connectivity index (χ3v) is 6.63. The number of nitrogens with zero attached hydrogens (tertiary/aromatic N) is 2. The Kier molecular flexibility index (Phi) is 8.21. The Morgan fingerprint density at radius 3 is 2.61 bits per heavy atom. The summed E-state index contributed by atoms with van der Waals surface area (Å²) in [4.78, 5) is 20.4. The molecule has 1 fully saturated rings. The van der Waals surface area contributed by atoms with Gasteiger partial charge in [-0.2, -0.15) is 0 Å². The van der Waals surface area contributed by atoms with E-state index in [2.05, 4.69) is 60.3 Å². The summed E-state index contributed by atoms with van der Waals surface area (Å²) < 4.78 is 5.79. The first kappa shape index (κ1) is 23.4. The molecule has 7 heteroatoms. The Morgan fingerprint density at radius 1 is 1.26 bits per heavy atom. The summed E-state index contributed by atoms with van der Waals surface area (Å²) in [6.45, 7) is 12.7. The van der Waals surface area contributed by atoms with E-state index >= 15 is 0 Å². The Bertz CT molecular complexity index is 864. The van der Waals surface area contributed by atoms with E-state index in [1.165, 1.54) is 4.90 Å². The lowest BCUT2D eigenvalue weighted by Crippen LogP contribution is -2.45. The van der Waals surface area contributed by atoms with Gasteiger partial charge in [-0.3, -0.25) is 0 Å². The van der Waals surface area contributed by atoms with Gasteiger partial charge in [-0.25, -0.2) is 9.78 Å². The molecule has 2 amide bonds. The van der Waals surface area contributed by atoms with Crippen molar-refractivity contribution < 1.29 is 9.53 Å². The third-order valence-electron chi connectivity index (χ3n) is 5.36. The second-order valence-corrected chi connectivity index (χ2v) is 9.82. The molecule has 168 valence electrons. The van der Waals surface area contributed by atoms with Crippen molar-refractivity contribution in [2.45, 2.75) is 69.9 Å². The van der Waals surface area contributed by atoms with Gasteiger partial charge in [0.15, 0.2) is 0 Å². The summed E-state index contributed by atoms with van der Waals surface area (Å²) in [6, 6.07) is 9.97. The molecule has 6 nitrogen and oxygen atoms in total. The maximum Gasteiger partial charge on any atom is 0.319 e. The molecular weight excluding hydrogens is 408 g/mol. The van der Waals surface area contributed by atoms with Crippen molar-refractivity contribution in [2.75, 3.05) is 23.3 Å². The van der Waals surface area contributed by atoms with Crippen LogP contribution in [0.15, 0.2) is 41.4 Å². The van der Waals surface area contributed by atoms with E-state index in [0.717, 1.165) is 42.1 Å². The van der Waals surface area contributed by atoms with E-state index in [4.69, 9.17) is 4.74 Å². The number of ether oxygens (including phenoxy) is 1. The molecule has 1 aliphatic heterocycles. The highest BCUT2D eigenvalue weighted by atomic mass is 32.2. The Hall–Kier alpha value is -2.25. The van der Waals surface area contributed by atoms with Crippen LogP contribution in [0.1, 0.15) is 45.2 Å². The summed E-state index contributed by atoms with van der Waals surface area (Å²) in [6.07, 6.45) is 3.35. The van der Waals surface area contributed by atoms with E-state index in [1.807, 2.05) is 43.1 Å². The summed E-state index contributed by atoms with van der Waals surface area (Å²) in [5, 5.41) is 6.44. The SMILES string of the molecule is CCC(C)Sc1ccc(NC(=O)NCc2ccc(N3CC(C)OC(C)C3)nc2)c(C)c1. The minimum absolute atomic E-state index is 0.196. The molecule has 3 rings (SSSR count). The van der Waals surface area contributed by atoms with Gasteiger partial charge in [0.1, 0.15) is 5.82 Å². The highest BCUT2D eigenvalue weighted by Gasteiger charge is 2.23. The van der Waals surface area contributed by atoms with E-state index in [0.29, 0.717) is 11.8 Å². The average molecular weight is 443 g/mol. The number of benzene rings is 1. The van der Waals surface area contributed by atoms with Crippen LogP contribution < -0.4 is 15.5 Å². The van der Waals surface area contributed by atoms with Crippen LogP contribution in [0.4, 0.5) is 16.3 Å². The number of aromatic nitrogens is 1. The monoisotopic (exact) mass is 442 g/mol. The van der Waals surface area contributed by atoms with Crippen molar-refractivity contribution in [1.29, 1.82) is 0 Å². The first-order valence-electron chi connectivity index (χ1n) is 11.0. The number of thioether (sulfide) groups is 1. The quantitative estimate of drug-likeness (QED) is 0.576. The second kappa shape index (κ2) is 10.9. The van der Waals surface area contributed by atoms with Crippen molar-refractivity contribution in [1.82, 2.24) is 10.3 Å². The predicted molar refractivity (Wildman–Crippen MR) is 129 cm³/mol. The number of rotatable bonds is 7. The molecule has 0 bridgehead atoms. The highest BCUT2D eigenvalue weighted by Crippen LogP contribution is 2.28. The normalized spacial score (nSPS) is 19.7. The number of pyridine rings is 1. The number of amides is 2. The number of anilines is 2. The van der Waals surface area contributed by atoms with Crippen molar-refractivity contribution in [3.8, 4) is 0 Å². The molecule has 0 spiro atoms. The average Bonchev–Trinajstić information content (AvgIpc) is 2.74. The maximum absolute atomic E-state index is 12.4. The van der Waals surface area contributed by atoms with Gasteiger partial charge in [-0.05, 0) is 62.6 Å². The fourth-order valence-electron chi connectivity index (χ4n) is 3.59. The maximum atomic E-state index is 12.4. The van der Waals surface area contributed by atoms with Gasteiger partial charge in [0.05, 0.1) is 12.2 Å². The predicted octanol–water partition coefficient (Wildman–Crippen LogP) is 5.22. The number of carbonyl (C=O) groups excluding carboxylic acids is 1. The van der Waals surface area contributed by atoms with Crippen molar-refractivity contribution in [3.05, 3.63) is 47.7 Å². The van der Waals surface area contributed by atoms with Gasteiger partial charge < -0.3 is 20.3 Å². The number of nitrogens with one attached hydrogen (secondary N) is 2. The smallest absolute Gasteiger partial charge is 0.319 e. The van der Waals surface area contributed by atoms with Crippen LogP contribution in [0.2, 0.25) is 0 Å². The summed E-state index contributed by atoms with van der Waals surface area (Å²) in [5.74, 6) is 0.946. The molecule has 2 heterocycles. The second-order valence-electron chi connectivity index (χ2n) is 8.31. The van der Waals surface area contributed by atoms with Crippen LogP contribution in [-0.2, 0) is 11.3 Å². The fourth-order valence-corrected chi connectivity index (χ4v) is 4.61. The fraction of sp³-hybridized carbons (Fsp3) is 0.500. The number of hydrogen-bond acceptors (Lipinski definition) is 5. The standard InChI is InChI=1S/C24H34N4O2S/c1-6-19(5)31-21-8-9-22(16(2)11-21)27-24(29)26-13-20-7-10-23(25-12-20)28-14-17(3)30-18(4)15-28/h7-12,17-19H,6,13-15H2,1-5H3,(H2,26,27,29). The third kappa shape index (κ3) is 6.87. The first-order chi connectivity index (χ1) is 14.8. The van der Waals surface area contributed by atoms with Crippen LogP contribution in [0.3, 0.4) is 0 Å². The largest absolute Gasteiger partial charge is 0.372 e. The minimum Gasteiger partial charge on any atom is -0.372 e. The summed E-state index contributed by atoms with van der Waals surface area (Å²) in [5.41, 5.74) is 2.85. The van der Waals surface area contributed by atoms with Gasteiger partial charge in [-0.15, -0.1) is 11.8 Å². The Labute approximate surface area is 190 Å². The molecule has 1 aromatic heterocycles. The van der Waals surface area contributed by atoms with E-state index in [9.17, 15) is 4.79 Å². The van der Waals surface area contributed by atoms with E-state index < -0.39 is 0 Å². The topological polar surface area (TPSA) is 66.5 Å². The van der Waals surface area contributed by atoms with Crippen molar-refractivity contribution in [3.63, 3.8) is 0 Å². The summed E-state index contributed by atoms with van der Waals surface area (Å²) in [7, 11) is 0. The molecular formula is C24H34N4O2S. The Morgan fingerprint density at radius 2 is 2.00 bits per heavy atom. The van der Waals surface area contributed by atoms with Crippen LogP contribution in [0.5, 0.6) is 0 Å². The zero-order valence-corrected chi connectivity index (χ0v) is 20.0. The zero-order valence-electron chi connectivity index (χ0n) is 19.1. The first-order valence-corrected chi connectivity index (χ1v) is 11.9. The molecule has 1 saturated heterocycles. The van der Waals surface area contributed by atoms with Gasteiger partial charge in [0.25, 0.3) is 0 Å². The molecule has 2 N–H and O–H groups in total. The van der Waals surface area contributed by atoms with Crippen molar-refractivity contribution >= 4 is 29.3 Å². The van der Waals surface area contributed by atoms with Gasteiger partial charge in [0.2, 0.25) is 0 Å². The molecule has 1 aromatic carbocycles. The molecule has 3 unspecified atom stereocenters. The Balaban J connectivity index is 1.50. The highest BCUT2D eigenvalue weighted by molar-refractivity contribution is 7.99. The number of hydrogen-bond donors (Lipinski definition) is 2. The van der Waals surface area contributed by atoms with Gasteiger partial charge in [0, 0.05) is 41.7 Å². The number of urea groups is 1. The molecule has 0 radical (unpaired) electrons. The molecule has 2 aromatic rings. The number of aryl methyl sites for hydroxylation is 1. The lowest BCUT2D eigenvalue weighted by Gasteiger charge is -2.36. The zero-order chi connectivity index (χ0) is 22.4. The summed E-state index contributed by atoms with van der Waals surface area (Å²) >= 11 is 1.86. The molecule has 3 atom stereocenters. The van der Waals surface area contributed by atoms with Crippen LogP contribution in [0, 0.1) is 6.92 Å². The van der Waals surface area contributed by atoms with Gasteiger partial charge in [-0.1, -0.05) is 19.9 Å². The molecule has 1 aliphatic rings. The number of carbonyl (C=O) groups is 1. The van der Waals surface area contributed by atoms with E-state index in [-0.39, 0.29) is 18.2 Å². The molecule has 0 saturated carbocycles. The van der Waals surface area contributed by atoms with Gasteiger partial charge >= 0.3 is 6.03 Å². The minimum atomic E-state index is -0.217. The van der Waals surface area contributed by atoms with Crippen LogP contribution in [-0.4, -0.2) is 41.6 Å². The van der Waals surface area contributed by atoms with Crippen molar-refractivity contribution in [2.24, 2.45) is 0 Å².